The summed E-state index contributed by atoms with van der Waals surface area (Å²) in [6, 6.07) is 5.50. The Morgan fingerprint density at radius 3 is 2.31 bits per heavy atom. The maximum absolute atomic E-state index is 5.96. The van der Waals surface area contributed by atoms with Gasteiger partial charge in [0.15, 0.2) is 0 Å². The van der Waals surface area contributed by atoms with Crippen LogP contribution in [-0.4, -0.2) is 47.5 Å². The molecule has 32 heavy (non-hydrogen) atoms. The summed E-state index contributed by atoms with van der Waals surface area (Å²) in [7, 11) is 1.65. The molecule has 0 atom stereocenters. The van der Waals surface area contributed by atoms with Crippen LogP contribution in [0.1, 0.15) is 57.8 Å². The van der Waals surface area contributed by atoms with Crippen molar-refractivity contribution in [3.05, 3.63) is 64.2 Å². The van der Waals surface area contributed by atoms with Gasteiger partial charge >= 0.3 is 0 Å². The predicted octanol–water partition coefficient (Wildman–Crippen LogP) is 6.88. The predicted molar refractivity (Wildman–Crippen MR) is 138 cm³/mol. The number of allylic oxidation sites excluding steroid dienone is 2. The van der Waals surface area contributed by atoms with Gasteiger partial charge in [-0.2, -0.15) is 0 Å². The van der Waals surface area contributed by atoms with Crippen LogP contribution in [0.25, 0.3) is 0 Å². The fraction of sp³-hybridized carbons (Fsp3) is 0.520. The highest BCUT2D eigenvalue weighted by molar-refractivity contribution is 6.34. The van der Waals surface area contributed by atoms with Gasteiger partial charge in [-0.3, -0.25) is 9.89 Å². The number of rotatable bonds is 7. The van der Waals surface area contributed by atoms with Gasteiger partial charge in [0, 0.05) is 42.3 Å². The fourth-order valence-electron chi connectivity index (χ4n) is 3.24. The Labute approximate surface area is 204 Å². The lowest BCUT2D eigenvalue weighted by Gasteiger charge is -2.16. The van der Waals surface area contributed by atoms with Crippen LogP contribution in [0.15, 0.2) is 47.7 Å². The van der Waals surface area contributed by atoms with Crippen molar-refractivity contribution in [2.75, 3.05) is 26.9 Å². The van der Waals surface area contributed by atoms with Crippen LogP contribution in [-0.2, 0) is 17.9 Å². The summed E-state index contributed by atoms with van der Waals surface area (Å²) in [5, 5.41) is 1.28. The molecule has 1 aromatic carbocycles. The average molecular weight is 482 g/mol. The zero-order valence-corrected chi connectivity index (χ0v) is 21.4. The third-order valence-corrected chi connectivity index (χ3v) is 5.15. The Kier molecular flexibility index (Phi) is 15.8. The first-order valence-electron chi connectivity index (χ1n) is 11.4. The van der Waals surface area contributed by atoms with Crippen molar-refractivity contribution < 1.29 is 4.74 Å². The maximum Gasteiger partial charge on any atom is 0.135 e. The Morgan fingerprint density at radius 2 is 1.72 bits per heavy atom. The molecule has 0 amide bonds. The number of hydrogen-bond acceptors (Lipinski definition) is 4. The van der Waals surface area contributed by atoms with Gasteiger partial charge in [-0.25, -0.2) is 4.98 Å². The second kappa shape index (κ2) is 17.8. The molecule has 3 rings (SSSR count). The molecule has 0 bridgehead atoms. The summed E-state index contributed by atoms with van der Waals surface area (Å²) in [4.78, 5) is 11.0. The lowest BCUT2D eigenvalue weighted by atomic mass is 10.2. The van der Waals surface area contributed by atoms with Gasteiger partial charge in [-0.05, 0) is 62.7 Å². The third kappa shape index (κ3) is 11.8. The summed E-state index contributed by atoms with van der Waals surface area (Å²) >= 11 is 11.9. The van der Waals surface area contributed by atoms with Crippen molar-refractivity contribution in [3.63, 3.8) is 0 Å². The normalized spacial score (nSPS) is 14.6. The first kappa shape index (κ1) is 28.4. The number of hydrogen-bond donors (Lipinski definition) is 0. The highest BCUT2D eigenvalue weighted by Crippen LogP contribution is 2.20. The van der Waals surface area contributed by atoms with Crippen molar-refractivity contribution in [2.24, 2.45) is 4.99 Å². The first-order chi connectivity index (χ1) is 15.6. The molecule has 2 heterocycles. The SMILES string of the molecule is C/C=C\C=N/CN1CCCCCC1.CC.COCc1nccn1Cc1cc(Cl)cc(Cl)c1. The van der Waals surface area contributed by atoms with E-state index in [1.54, 1.807) is 19.4 Å². The second-order valence-corrected chi connectivity index (χ2v) is 8.09. The highest BCUT2D eigenvalue weighted by Gasteiger charge is 2.06. The van der Waals surface area contributed by atoms with Crippen LogP contribution in [0.2, 0.25) is 10.0 Å². The summed E-state index contributed by atoms with van der Waals surface area (Å²) in [6.45, 7) is 10.5. The number of likely N-dealkylation sites (tertiary alicyclic amines) is 1. The molecule has 1 fully saturated rings. The summed E-state index contributed by atoms with van der Waals surface area (Å²) < 4.78 is 7.08. The average Bonchev–Trinajstić information content (AvgIpc) is 3.04. The highest BCUT2D eigenvalue weighted by atomic mass is 35.5. The Balaban J connectivity index is 0.000000307. The molecule has 1 saturated heterocycles. The maximum atomic E-state index is 5.96. The third-order valence-electron chi connectivity index (χ3n) is 4.71. The van der Waals surface area contributed by atoms with Gasteiger partial charge in [0.05, 0.1) is 6.67 Å². The van der Waals surface area contributed by atoms with E-state index in [0.29, 0.717) is 23.2 Å². The molecule has 0 spiro atoms. The monoisotopic (exact) mass is 480 g/mol. The number of methoxy groups -OCH3 is 1. The van der Waals surface area contributed by atoms with Crippen molar-refractivity contribution in [2.45, 2.75) is 59.6 Å². The van der Waals surface area contributed by atoms with E-state index in [1.165, 1.54) is 38.8 Å². The summed E-state index contributed by atoms with van der Waals surface area (Å²) in [5.41, 5.74) is 1.04. The van der Waals surface area contributed by atoms with E-state index >= 15 is 0 Å². The lowest BCUT2D eigenvalue weighted by Crippen LogP contribution is -2.24. The van der Waals surface area contributed by atoms with Gasteiger partial charge in [-0.15, -0.1) is 0 Å². The van der Waals surface area contributed by atoms with Crippen LogP contribution in [0.4, 0.5) is 0 Å². The largest absolute Gasteiger partial charge is 0.377 e. The molecule has 1 aliphatic rings. The smallest absolute Gasteiger partial charge is 0.135 e. The molecule has 7 heteroatoms. The van der Waals surface area contributed by atoms with E-state index in [-0.39, 0.29) is 0 Å². The van der Waals surface area contributed by atoms with E-state index < -0.39 is 0 Å². The fourth-order valence-corrected chi connectivity index (χ4v) is 3.81. The van der Waals surface area contributed by atoms with Crippen molar-refractivity contribution in [1.29, 1.82) is 0 Å². The van der Waals surface area contributed by atoms with Gasteiger partial charge in [-0.1, -0.05) is 56.0 Å². The first-order valence-corrected chi connectivity index (χ1v) is 12.2. The molecule has 1 aliphatic heterocycles. The topological polar surface area (TPSA) is 42.6 Å². The molecule has 0 N–H and O–H groups in total. The standard InChI is InChI=1S/C12H12Cl2N2O.C11H20N2.C2H6/c1-17-8-12-15-2-3-16(12)7-9-4-10(13)6-11(14)5-9;1-2-3-8-12-11-13-9-6-4-5-7-10-13;1-2/h2-6H,7-8H2,1H3;2-3,8H,4-7,9-11H2,1H3;1-2H3/b;3-2-,12-8-;. The minimum Gasteiger partial charge on any atom is -0.377 e. The van der Waals surface area contributed by atoms with E-state index in [1.807, 2.05) is 62.0 Å². The molecular weight excluding hydrogens is 443 g/mol. The van der Waals surface area contributed by atoms with Crippen LogP contribution < -0.4 is 0 Å². The molecule has 178 valence electrons. The van der Waals surface area contributed by atoms with Gasteiger partial charge in [0.2, 0.25) is 0 Å². The van der Waals surface area contributed by atoms with Gasteiger partial charge in [0.1, 0.15) is 12.4 Å². The van der Waals surface area contributed by atoms with Crippen LogP contribution in [0, 0.1) is 0 Å². The number of aliphatic imine (C=N–C) groups is 1. The lowest BCUT2D eigenvalue weighted by molar-refractivity contribution is 0.174. The molecule has 0 aliphatic carbocycles. The van der Waals surface area contributed by atoms with Crippen molar-refractivity contribution in [3.8, 4) is 0 Å². The number of benzene rings is 1. The quantitative estimate of drug-likeness (QED) is 0.405. The minimum atomic E-state index is 0.487. The number of imidazole rings is 1. The van der Waals surface area contributed by atoms with Crippen LogP contribution >= 0.6 is 23.2 Å². The van der Waals surface area contributed by atoms with E-state index in [4.69, 9.17) is 27.9 Å². The van der Waals surface area contributed by atoms with E-state index in [2.05, 4.69) is 14.9 Å². The second-order valence-electron chi connectivity index (χ2n) is 7.21. The molecule has 0 radical (unpaired) electrons. The van der Waals surface area contributed by atoms with Crippen LogP contribution in [0.5, 0.6) is 0 Å². The minimum absolute atomic E-state index is 0.487. The molecule has 5 nitrogen and oxygen atoms in total. The zero-order valence-electron chi connectivity index (χ0n) is 19.9. The molecular formula is C25H38Cl2N4O. The Morgan fingerprint density at radius 1 is 1.06 bits per heavy atom. The summed E-state index contributed by atoms with van der Waals surface area (Å²) in [5.74, 6) is 0.878. The molecule has 0 saturated carbocycles. The number of ether oxygens (including phenoxy) is 1. The van der Waals surface area contributed by atoms with Crippen LogP contribution in [0.3, 0.4) is 0 Å². The molecule has 1 aromatic heterocycles. The molecule has 2 aromatic rings. The van der Waals surface area contributed by atoms with E-state index in [0.717, 1.165) is 18.1 Å². The Bertz CT molecular complexity index is 777. The summed E-state index contributed by atoms with van der Waals surface area (Å²) in [6.07, 6.45) is 15.0. The van der Waals surface area contributed by atoms with Crippen molar-refractivity contribution >= 4 is 29.4 Å². The van der Waals surface area contributed by atoms with Gasteiger partial charge in [0.25, 0.3) is 0 Å². The van der Waals surface area contributed by atoms with Gasteiger partial charge < -0.3 is 9.30 Å². The number of halogens is 2. The zero-order chi connectivity index (χ0) is 23.6. The number of nitrogens with zero attached hydrogens (tertiary/aromatic N) is 4. The van der Waals surface area contributed by atoms with E-state index in [9.17, 15) is 0 Å². The van der Waals surface area contributed by atoms with Crippen molar-refractivity contribution in [1.82, 2.24) is 14.5 Å². The number of aromatic nitrogens is 2. The Hall–Kier alpha value is -1.66. The molecule has 0 unspecified atom stereocenters.